The molecule has 122 valence electrons. The first-order chi connectivity index (χ1) is 10.2. The number of carbonyl (C=O) groups is 1. The lowest BCUT2D eigenvalue weighted by Gasteiger charge is -2.04. The molecule has 3 nitrogen and oxygen atoms in total. The van der Waals surface area contributed by atoms with E-state index in [9.17, 15) is 4.79 Å². The highest BCUT2D eigenvalue weighted by molar-refractivity contribution is 5.72. The molecule has 0 rings (SSSR count). The summed E-state index contributed by atoms with van der Waals surface area (Å²) >= 11 is 0. The predicted octanol–water partition coefficient (Wildman–Crippen LogP) is 4.82. The van der Waals surface area contributed by atoms with Crippen LogP contribution in [0.2, 0.25) is 0 Å². The van der Waals surface area contributed by atoms with Crippen LogP contribution in [0.3, 0.4) is 0 Å². The lowest BCUT2D eigenvalue weighted by Crippen LogP contribution is -2.29. The van der Waals surface area contributed by atoms with Crippen molar-refractivity contribution < 1.29 is 9.90 Å². The lowest BCUT2D eigenvalue weighted by molar-refractivity contribution is -0.138. The van der Waals surface area contributed by atoms with Gasteiger partial charge in [0.2, 0.25) is 0 Å². The predicted molar refractivity (Wildman–Crippen MR) is 90.4 cm³/mol. The number of hydrogen-bond acceptors (Lipinski definition) is 2. The van der Waals surface area contributed by atoms with Crippen LogP contribution in [0, 0.1) is 0 Å². The number of allylic oxidation sites excluding steroid dienone is 4. The Morgan fingerprint density at radius 3 is 2.10 bits per heavy atom. The summed E-state index contributed by atoms with van der Waals surface area (Å²) in [6.45, 7) is 2.23. The smallest absolute Gasteiger partial charge is 0.320 e. The maximum Gasteiger partial charge on any atom is 0.320 e. The SMILES string of the molecule is CCCCC/C=C\C/C=C\CCCCCCC(N)C(=O)O. The van der Waals surface area contributed by atoms with E-state index in [1.165, 1.54) is 32.1 Å². The van der Waals surface area contributed by atoms with Crippen LogP contribution in [-0.4, -0.2) is 17.1 Å². The van der Waals surface area contributed by atoms with Gasteiger partial charge in [-0.2, -0.15) is 0 Å². The van der Waals surface area contributed by atoms with Crippen molar-refractivity contribution in [2.24, 2.45) is 5.73 Å². The normalized spacial score (nSPS) is 13.2. The molecule has 0 aliphatic rings. The first kappa shape index (κ1) is 19.9. The van der Waals surface area contributed by atoms with Gasteiger partial charge in [0.15, 0.2) is 0 Å². The third-order valence-electron chi connectivity index (χ3n) is 3.53. The quantitative estimate of drug-likeness (QED) is 0.356. The summed E-state index contributed by atoms with van der Waals surface area (Å²) in [5.41, 5.74) is 5.45. The molecule has 0 bridgehead atoms. The first-order valence-electron chi connectivity index (χ1n) is 8.46. The summed E-state index contributed by atoms with van der Waals surface area (Å²) in [5, 5.41) is 8.65. The minimum absolute atomic E-state index is 0.591. The summed E-state index contributed by atoms with van der Waals surface area (Å²) in [6.07, 6.45) is 21.2. The van der Waals surface area contributed by atoms with E-state index in [4.69, 9.17) is 10.8 Å². The maximum absolute atomic E-state index is 10.5. The zero-order chi connectivity index (χ0) is 15.8. The summed E-state index contributed by atoms with van der Waals surface area (Å²) in [7, 11) is 0. The van der Waals surface area contributed by atoms with Crippen molar-refractivity contribution in [3.05, 3.63) is 24.3 Å². The minimum Gasteiger partial charge on any atom is -0.480 e. The third kappa shape index (κ3) is 15.1. The van der Waals surface area contributed by atoms with Crippen molar-refractivity contribution in [1.29, 1.82) is 0 Å². The van der Waals surface area contributed by atoms with E-state index >= 15 is 0 Å². The van der Waals surface area contributed by atoms with Crippen molar-refractivity contribution in [3.8, 4) is 0 Å². The molecule has 0 spiro atoms. The zero-order valence-corrected chi connectivity index (χ0v) is 13.6. The molecule has 0 heterocycles. The molecule has 0 fully saturated rings. The fourth-order valence-electron chi connectivity index (χ4n) is 2.12. The van der Waals surface area contributed by atoms with E-state index in [1.54, 1.807) is 0 Å². The number of nitrogens with two attached hydrogens (primary N) is 1. The summed E-state index contributed by atoms with van der Waals surface area (Å²) < 4.78 is 0. The van der Waals surface area contributed by atoms with Crippen molar-refractivity contribution in [2.45, 2.75) is 83.6 Å². The van der Waals surface area contributed by atoms with Gasteiger partial charge in [0, 0.05) is 0 Å². The Morgan fingerprint density at radius 2 is 1.52 bits per heavy atom. The number of aliphatic carboxylic acids is 1. The molecule has 21 heavy (non-hydrogen) atoms. The van der Waals surface area contributed by atoms with Crippen LogP contribution in [0.1, 0.15) is 77.6 Å². The van der Waals surface area contributed by atoms with Gasteiger partial charge in [0.25, 0.3) is 0 Å². The second-order valence-electron chi connectivity index (χ2n) is 5.61. The molecule has 0 aliphatic heterocycles. The van der Waals surface area contributed by atoms with E-state index < -0.39 is 12.0 Å². The number of rotatable bonds is 14. The summed E-state index contributed by atoms with van der Waals surface area (Å²) in [6, 6.07) is -0.686. The van der Waals surface area contributed by atoms with Gasteiger partial charge in [-0.25, -0.2) is 0 Å². The Bertz CT molecular complexity index is 298. The van der Waals surface area contributed by atoms with Crippen LogP contribution < -0.4 is 5.73 Å². The van der Waals surface area contributed by atoms with Gasteiger partial charge >= 0.3 is 5.97 Å². The minimum atomic E-state index is -0.888. The fourth-order valence-corrected chi connectivity index (χ4v) is 2.12. The molecule has 3 N–H and O–H groups in total. The Labute approximate surface area is 130 Å². The standard InChI is InChI=1S/C18H33NO2/c1-2-3-4-5-6-7-8-9-10-11-12-13-14-15-16-17(19)18(20)21/h6-7,9-10,17H,2-5,8,11-16,19H2,1H3,(H,20,21)/b7-6-,10-9-. The van der Waals surface area contributed by atoms with Crippen LogP contribution in [0.4, 0.5) is 0 Å². The summed E-state index contributed by atoms with van der Waals surface area (Å²) in [5.74, 6) is -0.888. The molecule has 0 aromatic carbocycles. The molecule has 0 saturated heterocycles. The van der Waals surface area contributed by atoms with E-state index in [2.05, 4.69) is 31.2 Å². The number of carboxylic acid groups (broad SMARTS) is 1. The van der Waals surface area contributed by atoms with Gasteiger partial charge in [-0.1, -0.05) is 63.3 Å². The monoisotopic (exact) mass is 295 g/mol. The highest BCUT2D eigenvalue weighted by Gasteiger charge is 2.09. The van der Waals surface area contributed by atoms with Gasteiger partial charge in [-0.3, -0.25) is 4.79 Å². The molecule has 3 heteroatoms. The zero-order valence-electron chi connectivity index (χ0n) is 13.6. The van der Waals surface area contributed by atoms with E-state index in [-0.39, 0.29) is 0 Å². The Kier molecular flexibility index (Phi) is 14.5. The molecule has 1 unspecified atom stereocenters. The molecular formula is C18H33NO2. The van der Waals surface area contributed by atoms with E-state index in [0.717, 1.165) is 32.1 Å². The highest BCUT2D eigenvalue weighted by Crippen LogP contribution is 2.07. The van der Waals surface area contributed by atoms with Crippen LogP contribution >= 0.6 is 0 Å². The average Bonchev–Trinajstić information content (AvgIpc) is 2.47. The van der Waals surface area contributed by atoms with E-state index in [0.29, 0.717) is 6.42 Å². The fraction of sp³-hybridized carbons (Fsp3) is 0.722. The summed E-state index contributed by atoms with van der Waals surface area (Å²) in [4.78, 5) is 10.5. The third-order valence-corrected chi connectivity index (χ3v) is 3.53. The largest absolute Gasteiger partial charge is 0.480 e. The average molecular weight is 295 g/mol. The molecule has 0 aromatic heterocycles. The Morgan fingerprint density at radius 1 is 0.952 bits per heavy atom. The number of hydrogen-bond donors (Lipinski definition) is 2. The van der Waals surface area contributed by atoms with Crippen molar-refractivity contribution in [1.82, 2.24) is 0 Å². The van der Waals surface area contributed by atoms with Crippen LogP contribution in [0.5, 0.6) is 0 Å². The molecule has 1 atom stereocenters. The number of carboxylic acids is 1. The van der Waals surface area contributed by atoms with Gasteiger partial charge in [0.05, 0.1) is 0 Å². The lowest BCUT2D eigenvalue weighted by atomic mass is 10.1. The molecule has 0 aromatic rings. The van der Waals surface area contributed by atoms with Gasteiger partial charge < -0.3 is 10.8 Å². The van der Waals surface area contributed by atoms with Crippen molar-refractivity contribution in [3.63, 3.8) is 0 Å². The van der Waals surface area contributed by atoms with E-state index in [1.807, 2.05) is 0 Å². The Balaban J connectivity index is 3.27. The highest BCUT2D eigenvalue weighted by atomic mass is 16.4. The number of unbranched alkanes of at least 4 members (excludes halogenated alkanes) is 7. The van der Waals surface area contributed by atoms with Crippen molar-refractivity contribution >= 4 is 5.97 Å². The van der Waals surface area contributed by atoms with Crippen LogP contribution in [-0.2, 0) is 4.79 Å². The first-order valence-corrected chi connectivity index (χ1v) is 8.46. The second-order valence-corrected chi connectivity index (χ2v) is 5.61. The molecule has 0 radical (unpaired) electrons. The van der Waals surface area contributed by atoms with Crippen LogP contribution in [0.25, 0.3) is 0 Å². The van der Waals surface area contributed by atoms with Gasteiger partial charge in [-0.05, 0) is 38.5 Å². The van der Waals surface area contributed by atoms with Crippen molar-refractivity contribution in [2.75, 3.05) is 0 Å². The molecule has 0 amide bonds. The van der Waals surface area contributed by atoms with Gasteiger partial charge in [-0.15, -0.1) is 0 Å². The molecule has 0 aliphatic carbocycles. The Hall–Kier alpha value is -1.09. The second kappa shape index (κ2) is 15.3. The topological polar surface area (TPSA) is 63.3 Å². The molecular weight excluding hydrogens is 262 g/mol. The van der Waals surface area contributed by atoms with Crippen LogP contribution in [0.15, 0.2) is 24.3 Å². The maximum atomic E-state index is 10.5. The molecule has 0 saturated carbocycles. The van der Waals surface area contributed by atoms with Gasteiger partial charge in [0.1, 0.15) is 6.04 Å².